The van der Waals surface area contributed by atoms with Crippen molar-refractivity contribution in [2.45, 2.75) is 6.54 Å². The van der Waals surface area contributed by atoms with Gasteiger partial charge in [0.2, 0.25) is 0 Å². The van der Waals surface area contributed by atoms with Crippen LogP contribution in [-0.4, -0.2) is 31.5 Å². The van der Waals surface area contributed by atoms with Crippen LogP contribution in [0.4, 0.5) is 0 Å². The fourth-order valence-electron chi connectivity index (χ4n) is 1.91. The molecule has 7 nitrogen and oxygen atoms in total. The molecule has 0 saturated carbocycles. The molecule has 1 aromatic heterocycles. The van der Waals surface area contributed by atoms with Gasteiger partial charge in [-0.15, -0.1) is 0 Å². The molecule has 0 radical (unpaired) electrons. The Bertz CT molecular complexity index is 710. The maximum atomic E-state index is 11.9. The molecule has 2 rings (SSSR count). The Kier molecular flexibility index (Phi) is 2.66. The number of hydrogen-bond donors (Lipinski definition) is 2. The summed E-state index contributed by atoms with van der Waals surface area (Å²) in [7, 11) is 1.40. The first-order chi connectivity index (χ1) is 8.43. The molecule has 0 aliphatic rings. The number of rotatable bonds is 3. The van der Waals surface area contributed by atoms with Crippen molar-refractivity contribution in [1.29, 1.82) is 0 Å². The Labute approximate surface area is 100 Å². The second-order valence-corrected chi connectivity index (χ2v) is 3.79. The highest BCUT2D eigenvalue weighted by Gasteiger charge is 2.18. The number of aromatic carboxylic acids is 1. The minimum Gasteiger partial charge on any atom is -0.480 e. The molecule has 0 aliphatic carbocycles. The van der Waals surface area contributed by atoms with Crippen molar-refractivity contribution < 1.29 is 19.8 Å². The number of aliphatic carboxylic acids is 1. The molecule has 1 heterocycles. The predicted molar refractivity (Wildman–Crippen MR) is 61.8 cm³/mol. The molecule has 0 aliphatic heterocycles. The molecule has 1 aromatic carbocycles. The van der Waals surface area contributed by atoms with Crippen molar-refractivity contribution in [2.75, 3.05) is 0 Å². The van der Waals surface area contributed by atoms with Crippen LogP contribution in [0, 0.1) is 0 Å². The molecule has 0 amide bonds. The van der Waals surface area contributed by atoms with Crippen LogP contribution in [0.3, 0.4) is 0 Å². The van der Waals surface area contributed by atoms with Gasteiger partial charge in [-0.3, -0.25) is 19.0 Å². The summed E-state index contributed by atoms with van der Waals surface area (Å²) < 4.78 is 2.24. The minimum absolute atomic E-state index is 0.0912. The number of para-hydroxylation sites is 1. The highest BCUT2D eigenvalue weighted by molar-refractivity contribution is 6.02. The molecule has 2 N–H and O–H groups in total. The fourth-order valence-corrected chi connectivity index (χ4v) is 1.91. The van der Waals surface area contributed by atoms with Crippen LogP contribution in [0.15, 0.2) is 23.0 Å². The van der Waals surface area contributed by atoms with Gasteiger partial charge < -0.3 is 10.2 Å². The summed E-state index contributed by atoms with van der Waals surface area (Å²) in [6, 6.07) is 4.27. The van der Waals surface area contributed by atoms with Crippen LogP contribution < -0.4 is 5.56 Å². The standard InChI is InChI=1S/C11H10N2O5/c1-12-10(16)6-3-2-4-7(11(17)18)9(6)13(12)5-8(14)15/h2-4H,5H2,1H3,(H,14,15)(H,17,18). The third-order valence-electron chi connectivity index (χ3n) is 2.70. The van der Waals surface area contributed by atoms with E-state index in [1.165, 1.54) is 25.2 Å². The molecule has 0 bridgehead atoms. The zero-order valence-electron chi connectivity index (χ0n) is 9.45. The van der Waals surface area contributed by atoms with Gasteiger partial charge in [0.25, 0.3) is 5.56 Å². The smallest absolute Gasteiger partial charge is 0.337 e. The third kappa shape index (κ3) is 1.65. The summed E-state index contributed by atoms with van der Waals surface area (Å²) in [4.78, 5) is 33.7. The van der Waals surface area contributed by atoms with E-state index in [0.29, 0.717) is 0 Å². The average molecular weight is 250 g/mol. The summed E-state index contributed by atoms with van der Waals surface area (Å²) >= 11 is 0. The highest BCUT2D eigenvalue weighted by atomic mass is 16.4. The monoisotopic (exact) mass is 250 g/mol. The lowest BCUT2D eigenvalue weighted by Gasteiger charge is -2.07. The van der Waals surface area contributed by atoms with Crippen LogP contribution >= 0.6 is 0 Å². The van der Waals surface area contributed by atoms with E-state index in [1.807, 2.05) is 0 Å². The fraction of sp³-hybridized carbons (Fsp3) is 0.182. The van der Waals surface area contributed by atoms with Crippen molar-refractivity contribution in [1.82, 2.24) is 9.36 Å². The molecule has 2 aromatic rings. The molecule has 18 heavy (non-hydrogen) atoms. The van der Waals surface area contributed by atoms with E-state index in [9.17, 15) is 14.4 Å². The number of nitrogens with zero attached hydrogens (tertiary/aromatic N) is 2. The molecule has 0 saturated heterocycles. The SMILES string of the molecule is Cn1c(=O)c2cccc(C(=O)O)c2n1CC(=O)O. The number of benzene rings is 1. The van der Waals surface area contributed by atoms with Gasteiger partial charge in [-0.2, -0.15) is 0 Å². The van der Waals surface area contributed by atoms with Crippen LogP contribution in [-0.2, 0) is 18.4 Å². The lowest BCUT2D eigenvalue weighted by molar-refractivity contribution is -0.138. The maximum Gasteiger partial charge on any atom is 0.337 e. The van der Waals surface area contributed by atoms with Crippen molar-refractivity contribution in [3.63, 3.8) is 0 Å². The number of aromatic nitrogens is 2. The Morgan fingerprint density at radius 3 is 2.50 bits per heavy atom. The van der Waals surface area contributed by atoms with E-state index in [-0.39, 0.29) is 16.5 Å². The maximum absolute atomic E-state index is 11.9. The molecule has 94 valence electrons. The van der Waals surface area contributed by atoms with E-state index in [0.717, 1.165) is 9.36 Å². The van der Waals surface area contributed by atoms with Crippen molar-refractivity contribution in [3.8, 4) is 0 Å². The quantitative estimate of drug-likeness (QED) is 0.805. The third-order valence-corrected chi connectivity index (χ3v) is 2.70. The summed E-state index contributed by atoms with van der Waals surface area (Å²) in [6.07, 6.45) is 0. The summed E-state index contributed by atoms with van der Waals surface area (Å²) in [6.45, 7) is -0.473. The van der Waals surface area contributed by atoms with Gasteiger partial charge in [-0.05, 0) is 12.1 Å². The van der Waals surface area contributed by atoms with Gasteiger partial charge in [0.15, 0.2) is 0 Å². The zero-order valence-corrected chi connectivity index (χ0v) is 9.45. The van der Waals surface area contributed by atoms with Crippen molar-refractivity contribution in [2.24, 2.45) is 7.05 Å². The molecular weight excluding hydrogens is 240 g/mol. The van der Waals surface area contributed by atoms with Crippen molar-refractivity contribution in [3.05, 3.63) is 34.1 Å². The highest BCUT2D eigenvalue weighted by Crippen LogP contribution is 2.16. The Hall–Kier alpha value is -2.57. The molecule has 0 spiro atoms. The van der Waals surface area contributed by atoms with Gasteiger partial charge in [0.05, 0.1) is 16.5 Å². The summed E-state index contributed by atoms with van der Waals surface area (Å²) in [5.41, 5.74) is -0.388. The topological polar surface area (TPSA) is 102 Å². The first-order valence-corrected chi connectivity index (χ1v) is 5.07. The van der Waals surface area contributed by atoms with Crippen LogP contribution in [0.5, 0.6) is 0 Å². The van der Waals surface area contributed by atoms with E-state index in [2.05, 4.69) is 0 Å². The Balaban J connectivity index is 2.91. The van der Waals surface area contributed by atoms with Gasteiger partial charge in [0.1, 0.15) is 6.54 Å². The lowest BCUT2D eigenvalue weighted by Crippen LogP contribution is -2.22. The van der Waals surface area contributed by atoms with E-state index >= 15 is 0 Å². The zero-order chi connectivity index (χ0) is 13.4. The summed E-state index contributed by atoms with van der Waals surface area (Å²) in [5, 5.41) is 18.1. The molecule has 0 fully saturated rings. The number of carboxylic acids is 2. The second kappa shape index (κ2) is 4.02. The first kappa shape index (κ1) is 11.9. The summed E-state index contributed by atoms with van der Waals surface area (Å²) in [5.74, 6) is -2.35. The molecular formula is C11H10N2O5. The predicted octanol–water partition coefficient (Wildman–Crippen LogP) is 0.123. The van der Waals surface area contributed by atoms with Crippen LogP contribution in [0.25, 0.3) is 10.9 Å². The van der Waals surface area contributed by atoms with Gasteiger partial charge in [-0.25, -0.2) is 4.79 Å². The van der Waals surface area contributed by atoms with E-state index < -0.39 is 24.0 Å². The largest absolute Gasteiger partial charge is 0.480 e. The second-order valence-electron chi connectivity index (χ2n) is 3.79. The Morgan fingerprint density at radius 2 is 1.94 bits per heavy atom. The van der Waals surface area contributed by atoms with E-state index in [1.54, 1.807) is 0 Å². The molecule has 7 heteroatoms. The van der Waals surface area contributed by atoms with Crippen molar-refractivity contribution >= 4 is 22.8 Å². The van der Waals surface area contributed by atoms with Gasteiger partial charge in [0, 0.05) is 7.05 Å². The molecule has 0 unspecified atom stereocenters. The van der Waals surface area contributed by atoms with Crippen LogP contribution in [0.1, 0.15) is 10.4 Å². The first-order valence-electron chi connectivity index (χ1n) is 5.07. The molecule has 0 atom stereocenters. The Morgan fingerprint density at radius 1 is 1.28 bits per heavy atom. The lowest BCUT2D eigenvalue weighted by atomic mass is 10.1. The number of carbonyl (C=O) groups is 2. The van der Waals surface area contributed by atoms with Crippen LogP contribution in [0.2, 0.25) is 0 Å². The van der Waals surface area contributed by atoms with E-state index in [4.69, 9.17) is 10.2 Å². The number of fused-ring (bicyclic) bond motifs is 1. The van der Waals surface area contributed by atoms with Gasteiger partial charge >= 0.3 is 11.9 Å². The number of hydrogen-bond acceptors (Lipinski definition) is 3. The normalized spacial score (nSPS) is 10.7. The number of carboxylic acid groups (broad SMARTS) is 2. The van der Waals surface area contributed by atoms with Gasteiger partial charge in [-0.1, -0.05) is 6.07 Å². The minimum atomic E-state index is -1.20. The average Bonchev–Trinajstić information content (AvgIpc) is 2.54.